The third-order valence-electron chi connectivity index (χ3n) is 11.8. The number of hydrogen-bond acceptors (Lipinski definition) is 6. The number of phenolic OH excluding ortho intramolecular Hbond substituents is 1. The molecule has 10 heteroatoms. The van der Waals surface area contributed by atoms with E-state index in [2.05, 4.69) is 39.9 Å². The number of aromatic nitrogens is 2. The number of aryl methyl sites for hydroxylation is 1. The van der Waals surface area contributed by atoms with Crippen LogP contribution in [-0.4, -0.2) is 93.7 Å². The predicted molar refractivity (Wildman–Crippen MR) is 225 cm³/mol. The number of aromatic hydroxyl groups is 1. The second kappa shape index (κ2) is 14.9. The fourth-order valence-electron chi connectivity index (χ4n) is 8.55. The highest BCUT2D eigenvalue weighted by Crippen LogP contribution is 2.36. The zero-order chi connectivity index (χ0) is 39.2. The van der Waals surface area contributed by atoms with Gasteiger partial charge in [-0.25, -0.2) is 0 Å². The highest BCUT2D eigenvalue weighted by molar-refractivity contribution is 6.18. The number of amides is 2. The van der Waals surface area contributed by atoms with Crippen LogP contribution in [0.1, 0.15) is 31.8 Å². The third-order valence-corrected chi connectivity index (χ3v) is 11.8. The van der Waals surface area contributed by atoms with Gasteiger partial charge in [0, 0.05) is 98.5 Å². The minimum absolute atomic E-state index is 0.00914. The lowest BCUT2D eigenvalue weighted by atomic mass is 9.92. The number of rotatable bonds is 8. The van der Waals surface area contributed by atoms with Gasteiger partial charge in [0.2, 0.25) is 0 Å². The summed E-state index contributed by atoms with van der Waals surface area (Å²) in [6.07, 6.45) is 4.63. The van der Waals surface area contributed by atoms with Gasteiger partial charge in [-0.1, -0.05) is 42.5 Å². The lowest BCUT2D eigenvalue weighted by molar-refractivity contribution is 0.0535. The first-order chi connectivity index (χ1) is 27.7. The smallest absolute Gasteiger partial charge is 0.265 e. The van der Waals surface area contributed by atoms with Crippen molar-refractivity contribution in [3.63, 3.8) is 0 Å². The molecular weight excluding hydrogens is 713 g/mol. The molecule has 9 rings (SSSR count). The van der Waals surface area contributed by atoms with Crippen molar-refractivity contribution >= 4 is 45.0 Å². The van der Waals surface area contributed by atoms with Gasteiger partial charge in [-0.05, 0) is 91.3 Å². The normalized spacial score (nSPS) is 16.2. The van der Waals surface area contributed by atoms with Crippen molar-refractivity contribution in [1.82, 2.24) is 23.8 Å². The molecule has 0 unspecified atom stereocenters. The SMILES string of the molecule is COc1ccc(C(=O)N2Cc3ccccc3C[C@H]2CN2CCN(C)CC2)c(-n2cc(C(=O)N(c3ccc(O)cc3)c3ccc4c(ccn4C)c3)c3ccccc32)c1. The fraction of sp³-hybridized carbons (Fsp3) is 0.234. The Kier molecular flexibility index (Phi) is 9.52. The van der Waals surface area contributed by atoms with Crippen LogP contribution >= 0.6 is 0 Å². The van der Waals surface area contributed by atoms with E-state index in [4.69, 9.17) is 4.74 Å². The molecule has 0 aliphatic carbocycles. The average molecular weight is 759 g/mol. The number of carbonyl (C=O) groups excluding carboxylic acids is 2. The van der Waals surface area contributed by atoms with Gasteiger partial charge in [-0.2, -0.15) is 0 Å². The molecule has 1 N–H and O–H groups in total. The highest BCUT2D eigenvalue weighted by Gasteiger charge is 2.34. The van der Waals surface area contributed by atoms with Gasteiger partial charge in [0.15, 0.2) is 0 Å². The van der Waals surface area contributed by atoms with Crippen LogP contribution in [0.5, 0.6) is 11.5 Å². The number of ether oxygens (including phenoxy) is 1. The molecule has 0 spiro atoms. The van der Waals surface area contributed by atoms with E-state index in [1.165, 1.54) is 5.56 Å². The summed E-state index contributed by atoms with van der Waals surface area (Å²) in [6.45, 7) is 5.27. The first-order valence-corrected chi connectivity index (χ1v) is 19.5. The van der Waals surface area contributed by atoms with Crippen LogP contribution in [0, 0.1) is 0 Å². The first-order valence-electron chi connectivity index (χ1n) is 19.5. The van der Waals surface area contributed by atoms with E-state index in [-0.39, 0.29) is 23.6 Å². The minimum atomic E-state index is -0.249. The van der Waals surface area contributed by atoms with Crippen molar-refractivity contribution in [3.05, 3.63) is 150 Å². The molecular formula is C47H46N6O4. The van der Waals surface area contributed by atoms with Gasteiger partial charge in [0.05, 0.1) is 29.4 Å². The largest absolute Gasteiger partial charge is 0.508 e. The average Bonchev–Trinajstić information content (AvgIpc) is 3.82. The highest BCUT2D eigenvalue weighted by atomic mass is 16.5. The van der Waals surface area contributed by atoms with Gasteiger partial charge < -0.3 is 28.8 Å². The molecule has 10 nitrogen and oxygen atoms in total. The van der Waals surface area contributed by atoms with E-state index >= 15 is 9.59 Å². The second-order valence-corrected chi connectivity index (χ2v) is 15.3. The van der Waals surface area contributed by atoms with Gasteiger partial charge in [0.1, 0.15) is 11.5 Å². The minimum Gasteiger partial charge on any atom is -0.508 e. The number of para-hydroxylation sites is 1. The molecule has 2 aliphatic rings. The molecule has 57 heavy (non-hydrogen) atoms. The van der Waals surface area contributed by atoms with Crippen molar-refractivity contribution in [2.45, 2.75) is 19.0 Å². The number of fused-ring (bicyclic) bond motifs is 3. The number of hydrogen-bond donors (Lipinski definition) is 1. The summed E-state index contributed by atoms with van der Waals surface area (Å²) in [5.74, 6) is 0.405. The Bertz CT molecular complexity index is 2620. The maximum Gasteiger partial charge on any atom is 0.265 e. The summed E-state index contributed by atoms with van der Waals surface area (Å²) in [7, 11) is 5.78. The molecule has 1 fully saturated rings. The van der Waals surface area contributed by atoms with E-state index in [1.54, 1.807) is 36.3 Å². The number of likely N-dealkylation sites (N-methyl/N-ethyl adjacent to an activating group) is 1. The van der Waals surface area contributed by atoms with Gasteiger partial charge in [0.25, 0.3) is 11.8 Å². The van der Waals surface area contributed by atoms with E-state index < -0.39 is 0 Å². The van der Waals surface area contributed by atoms with Crippen molar-refractivity contribution < 1.29 is 19.4 Å². The number of phenols is 1. The van der Waals surface area contributed by atoms with E-state index in [0.717, 1.165) is 66.5 Å². The summed E-state index contributed by atoms with van der Waals surface area (Å²) >= 11 is 0. The number of methoxy groups -OCH3 is 1. The molecule has 288 valence electrons. The van der Waals surface area contributed by atoms with Crippen molar-refractivity contribution in [1.29, 1.82) is 0 Å². The van der Waals surface area contributed by atoms with Crippen LogP contribution in [0.2, 0.25) is 0 Å². The molecule has 4 heterocycles. The number of carbonyl (C=O) groups is 2. The van der Waals surface area contributed by atoms with Crippen LogP contribution in [0.25, 0.3) is 27.5 Å². The predicted octanol–water partition coefficient (Wildman–Crippen LogP) is 7.63. The van der Waals surface area contributed by atoms with Crippen molar-refractivity contribution in [3.8, 4) is 17.2 Å². The molecule has 5 aromatic carbocycles. The number of anilines is 2. The maximum absolute atomic E-state index is 15.1. The molecule has 0 radical (unpaired) electrons. The number of nitrogens with zero attached hydrogens (tertiary/aromatic N) is 6. The quantitative estimate of drug-likeness (QED) is 0.172. The Balaban J connectivity index is 1.15. The summed E-state index contributed by atoms with van der Waals surface area (Å²) in [6, 6.07) is 36.5. The van der Waals surface area contributed by atoms with Crippen molar-refractivity contribution in [2.75, 3.05) is 51.8 Å². The molecule has 0 saturated carbocycles. The van der Waals surface area contributed by atoms with E-state index in [0.29, 0.717) is 40.5 Å². The topological polar surface area (TPSA) is 86.4 Å². The number of piperazine rings is 1. The maximum atomic E-state index is 15.1. The van der Waals surface area contributed by atoms with Gasteiger partial charge in [-0.3, -0.25) is 19.4 Å². The molecule has 1 atom stereocenters. The summed E-state index contributed by atoms with van der Waals surface area (Å²) in [5, 5.41) is 11.9. The Labute approximate surface area is 332 Å². The Morgan fingerprint density at radius 2 is 1.51 bits per heavy atom. The summed E-state index contributed by atoms with van der Waals surface area (Å²) in [5.41, 5.74) is 7.22. The zero-order valence-electron chi connectivity index (χ0n) is 32.5. The monoisotopic (exact) mass is 758 g/mol. The van der Waals surface area contributed by atoms with Crippen LogP contribution in [0.4, 0.5) is 11.4 Å². The van der Waals surface area contributed by atoms with Crippen LogP contribution in [0.15, 0.2) is 128 Å². The van der Waals surface area contributed by atoms with Crippen molar-refractivity contribution in [2.24, 2.45) is 7.05 Å². The standard InChI is InChI=1S/C47H46N6O4/c1-48-22-24-50(25-23-48)30-37-26-32-8-4-5-9-34(32)29-51(37)46(55)41-18-17-39(57-3)28-45(41)52-31-42(40-10-6-7-11-44(40)52)47(56)53(35-12-15-38(54)16-13-35)36-14-19-43-33(27-36)20-21-49(43)2/h4-21,27-28,31,37,54H,22-26,29-30H2,1-3H3/t37-/m0/s1. The Morgan fingerprint density at radius 1 is 0.772 bits per heavy atom. The molecule has 1 saturated heterocycles. The van der Waals surface area contributed by atoms with Gasteiger partial charge in [-0.15, -0.1) is 0 Å². The fourth-order valence-corrected chi connectivity index (χ4v) is 8.55. The third kappa shape index (κ3) is 6.81. The lowest BCUT2D eigenvalue weighted by Gasteiger charge is -2.41. The van der Waals surface area contributed by atoms with Crippen LogP contribution in [0.3, 0.4) is 0 Å². The Hall–Kier alpha value is -6.36. The molecule has 0 bridgehead atoms. The van der Waals surface area contributed by atoms with E-state index in [1.807, 2.05) is 101 Å². The molecule has 2 amide bonds. The second-order valence-electron chi connectivity index (χ2n) is 15.3. The van der Waals surface area contributed by atoms with Crippen LogP contribution in [-0.2, 0) is 20.0 Å². The zero-order valence-corrected chi connectivity index (χ0v) is 32.5. The lowest BCUT2D eigenvalue weighted by Crippen LogP contribution is -2.53. The molecule has 2 aliphatic heterocycles. The number of benzene rings is 5. The Morgan fingerprint density at radius 3 is 2.30 bits per heavy atom. The molecule has 2 aromatic heterocycles. The van der Waals surface area contributed by atoms with Crippen LogP contribution < -0.4 is 9.64 Å². The van der Waals surface area contributed by atoms with Gasteiger partial charge >= 0.3 is 0 Å². The van der Waals surface area contributed by atoms with E-state index in [9.17, 15) is 5.11 Å². The molecule has 7 aromatic rings. The summed E-state index contributed by atoms with van der Waals surface area (Å²) in [4.78, 5) is 38.8. The first kappa shape index (κ1) is 36.3. The summed E-state index contributed by atoms with van der Waals surface area (Å²) < 4.78 is 9.76.